The quantitative estimate of drug-likeness (QED) is 0.721. The summed E-state index contributed by atoms with van der Waals surface area (Å²) in [5.74, 6) is -0.201. The summed E-state index contributed by atoms with van der Waals surface area (Å²) < 4.78 is 10.6. The maximum absolute atomic E-state index is 12.7. The zero-order valence-corrected chi connectivity index (χ0v) is 18.1. The summed E-state index contributed by atoms with van der Waals surface area (Å²) in [6, 6.07) is 7.08. The van der Waals surface area contributed by atoms with Gasteiger partial charge in [-0.25, -0.2) is 4.79 Å². The number of nitrogens with zero attached hydrogens (tertiary/aromatic N) is 1. The number of amides is 2. The largest absolute Gasteiger partial charge is 0.484 e. The molecular formula is C23H32N2O5. The topological polar surface area (TPSA) is 84.9 Å². The van der Waals surface area contributed by atoms with Crippen molar-refractivity contribution in [1.29, 1.82) is 0 Å². The highest BCUT2D eigenvalue weighted by molar-refractivity contribution is 5.98. The first-order valence-corrected chi connectivity index (χ1v) is 10.8. The third kappa shape index (κ3) is 4.77. The molecule has 1 N–H and O–H groups in total. The fraction of sp³-hybridized carbons (Fsp3) is 0.609. The molecule has 7 heteroatoms. The Balaban J connectivity index is 1.57. The molecule has 0 bridgehead atoms. The van der Waals surface area contributed by atoms with Gasteiger partial charge in [0.05, 0.1) is 7.11 Å². The van der Waals surface area contributed by atoms with Crippen molar-refractivity contribution in [1.82, 2.24) is 10.2 Å². The molecule has 0 spiro atoms. The number of likely N-dealkylation sites (tertiary alicyclic amines) is 1. The van der Waals surface area contributed by atoms with Crippen molar-refractivity contribution in [3.63, 3.8) is 0 Å². The zero-order valence-electron chi connectivity index (χ0n) is 18.1. The lowest BCUT2D eigenvalue weighted by Crippen LogP contribution is -2.53. The Labute approximate surface area is 178 Å². The molecule has 1 aromatic carbocycles. The van der Waals surface area contributed by atoms with Gasteiger partial charge in [0.2, 0.25) is 0 Å². The highest BCUT2D eigenvalue weighted by Gasteiger charge is 2.43. The van der Waals surface area contributed by atoms with Crippen LogP contribution in [0.5, 0.6) is 5.75 Å². The molecule has 7 nitrogen and oxygen atoms in total. The lowest BCUT2D eigenvalue weighted by molar-refractivity contribution is -0.148. The number of nitrogens with one attached hydrogen (secondary N) is 1. The molecule has 1 saturated heterocycles. The summed E-state index contributed by atoms with van der Waals surface area (Å²) in [4.78, 5) is 39.3. The minimum absolute atomic E-state index is 0.0160. The van der Waals surface area contributed by atoms with Gasteiger partial charge in [0.1, 0.15) is 11.3 Å². The van der Waals surface area contributed by atoms with Gasteiger partial charge < -0.3 is 19.7 Å². The first kappa shape index (κ1) is 22.1. The Kier molecular flexibility index (Phi) is 7.00. The number of ether oxygens (including phenoxy) is 2. The van der Waals surface area contributed by atoms with Crippen LogP contribution >= 0.6 is 0 Å². The van der Waals surface area contributed by atoms with E-state index in [0.29, 0.717) is 24.2 Å². The number of rotatable bonds is 6. The molecular weight excluding hydrogens is 384 g/mol. The maximum Gasteiger partial charge on any atom is 0.331 e. The molecule has 2 aliphatic rings. The van der Waals surface area contributed by atoms with Gasteiger partial charge in [-0.2, -0.15) is 0 Å². The fourth-order valence-electron chi connectivity index (χ4n) is 4.68. The monoisotopic (exact) mass is 416 g/mol. The second-order valence-electron chi connectivity index (χ2n) is 8.48. The van der Waals surface area contributed by atoms with Gasteiger partial charge in [0.25, 0.3) is 11.8 Å². The van der Waals surface area contributed by atoms with E-state index >= 15 is 0 Å². The molecule has 1 aliphatic carbocycles. The molecule has 0 aromatic heterocycles. The van der Waals surface area contributed by atoms with Crippen molar-refractivity contribution in [3.8, 4) is 5.75 Å². The van der Waals surface area contributed by atoms with Gasteiger partial charge in [0, 0.05) is 17.6 Å². The van der Waals surface area contributed by atoms with Crippen LogP contribution in [-0.4, -0.2) is 54.0 Å². The molecule has 1 heterocycles. The van der Waals surface area contributed by atoms with E-state index in [1.807, 2.05) is 4.90 Å². The molecule has 1 aliphatic heterocycles. The van der Waals surface area contributed by atoms with Crippen LogP contribution < -0.4 is 10.1 Å². The second kappa shape index (κ2) is 9.49. The van der Waals surface area contributed by atoms with Crippen LogP contribution in [0.2, 0.25) is 0 Å². The van der Waals surface area contributed by atoms with Gasteiger partial charge in [-0.1, -0.05) is 12.8 Å². The molecule has 1 saturated carbocycles. The van der Waals surface area contributed by atoms with E-state index in [9.17, 15) is 14.4 Å². The number of benzene rings is 1. The first-order valence-electron chi connectivity index (χ1n) is 10.8. The van der Waals surface area contributed by atoms with E-state index in [0.717, 1.165) is 32.1 Å². The van der Waals surface area contributed by atoms with Crippen molar-refractivity contribution in [2.24, 2.45) is 0 Å². The van der Waals surface area contributed by atoms with Crippen molar-refractivity contribution in [2.45, 2.75) is 76.4 Å². The van der Waals surface area contributed by atoms with Crippen molar-refractivity contribution in [3.05, 3.63) is 29.8 Å². The standard InChI is InChI=1S/C23H32N2O5/c1-16-7-6-8-17(2)25(16)20(26)15-30-19-11-9-18(10-12-19)21(27)24-23(22(28)29-3)13-4-5-14-23/h9-12,16-17H,4-8,13-15H2,1-3H3,(H,24,27). The van der Waals surface area contributed by atoms with Crippen LogP contribution in [0.1, 0.15) is 69.2 Å². The van der Waals surface area contributed by atoms with Gasteiger partial charge in [-0.3, -0.25) is 9.59 Å². The SMILES string of the molecule is COC(=O)C1(NC(=O)c2ccc(OCC(=O)N3C(C)CCCC3C)cc2)CCCC1. The molecule has 1 aromatic rings. The Morgan fingerprint density at radius 3 is 2.20 bits per heavy atom. The lowest BCUT2D eigenvalue weighted by Gasteiger charge is -2.38. The summed E-state index contributed by atoms with van der Waals surface area (Å²) in [6.07, 6.45) is 6.12. The van der Waals surface area contributed by atoms with E-state index in [2.05, 4.69) is 19.2 Å². The van der Waals surface area contributed by atoms with Crippen molar-refractivity contribution in [2.75, 3.05) is 13.7 Å². The van der Waals surface area contributed by atoms with Gasteiger partial charge in [0.15, 0.2) is 6.61 Å². The van der Waals surface area contributed by atoms with E-state index in [-0.39, 0.29) is 30.5 Å². The number of carbonyl (C=O) groups excluding carboxylic acids is 3. The van der Waals surface area contributed by atoms with Crippen LogP contribution in [0.4, 0.5) is 0 Å². The minimum Gasteiger partial charge on any atom is -0.484 e. The minimum atomic E-state index is -0.935. The van der Waals surface area contributed by atoms with Crippen molar-refractivity contribution >= 4 is 17.8 Å². The third-order valence-electron chi connectivity index (χ3n) is 6.35. The number of carbonyl (C=O) groups is 3. The molecule has 164 valence electrons. The lowest BCUT2D eigenvalue weighted by atomic mass is 9.97. The number of hydrogen-bond donors (Lipinski definition) is 1. The molecule has 0 radical (unpaired) electrons. The predicted molar refractivity (Wildman–Crippen MR) is 112 cm³/mol. The number of hydrogen-bond acceptors (Lipinski definition) is 5. The molecule has 3 rings (SSSR count). The van der Waals surface area contributed by atoms with E-state index in [1.165, 1.54) is 7.11 Å². The van der Waals surface area contributed by atoms with E-state index in [1.54, 1.807) is 24.3 Å². The smallest absolute Gasteiger partial charge is 0.331 e. The average Bonchev–Trinajstić information content (AvgIpc) is 3.21. The summed E-state index contributed by atoms with van der Waals surface area (Å²) in [5.41, 5.74) is -0.503. The Morgan fingerprint density at radius 1 is 1.03 bits per heavy atom. The summed E-state index contributed by atoms with van der Waals surface area (Å²) >= 11 is 0. The molecule has 2 amide bonds. The zero-order chi connectivity index (χ0) is 21.7. The number of methoxy groups -OCH3 is 1. The highest BCUT2D eigenvalue weighted by Crippen LogP contribution is 2.31. The van der Waals surface area contributed by atoms with E-state index in [4.69, 9.17) is 9.47 Å². The van der Waals surface area contributed by atoms with Crippen LogP contribution in [0.25, 0.3) is 0 Å². The molecule has 30 heavy (non-hydrogen) atoms. The molecule has 2 fully saturated rings. The van der Waals surface area contributed by atoms with Gasteiger partial charge in [-0.05, 0) is 70.2 Å². The number of piperidine rings is 1. The normalized spacial score (nSPS) is 23.0. The van der Waals surface area contributed by atoms with Gasteiger partial charge >= 0.3 is 5.97 Å². The highest BCUT2D eigenvalue weighted by atomic mass is 16.5. The Morgan fingerprint density at radius 2 is 1.63 bits per heavy atom. The van der Waals surface area contributed by atoms with Crippen LogP contribution in [0, 0.1) is 0 Å². The fourth-order valence-corrected chi connectivity index (χ4v) is 4.68. The van der Waals surface area contributed by atoms with E-state index < -0.39 is 11.5 Å². The van der Waals surface area contributed by atoms with Crippen molar-refractivity contribution < 1.29 is 23.9 Å². The van der Waals surface area contributed by atoms with Gasteiger partial charge in [-0.15, -0.1) is 0 Å². The third-order valence-corrected chi connectivity index (χ3v) is 6.35. The van der Waals surface area contributed by atoms with Crippen LogP contribution in [0.3, 0.4) is 0 Å². The second-order valence-corrected chi connectivity index (χ2v) is 8.48. The summed E-state index contributed by atoms with van der Waals surface area (Å²) in [6.45, 7) is 4.13. The summed E-state index contributed by atoms with van der Waals surface area (Å²) in [5, 5.41) is 2.87. The Bertz CT molecular complexity index is 760. The maximum atomic E-state index is 12.7. The Hall–Kier alpha value is -2.57. The predicted octanol–water partition coefficient (Wildman–Crippen LogP) is 3.07. The first-order chi connectivity index (χ1) is 14.4. The summed E-state index contributed by atoms with van der Waals surface area (Å²) in [7, 11) is 1.34. The van der Waals surface area contributed by atoms with Crippen LogP contribution in [-0.2, 0) is 14.3 Å². The number of esters is 1. The molecule has 2 unspecified atom stereocenters. The molecule has 2 atom stereocenters. The van der Waals surface area contributed by atoms with Crippen LogP contribution in [0.15, 0.2) is 24.3 Å². The average molecular weight is 417 g/mol.